The monoisotopic (exact) mass is 439 g/mol. The normalized spacial score (nSPS) is 11.3. The largest absolute Gasteiger partial charge is 0.260 e. The van der Waals surface area contributed by atoms with E-state index in [4.69, 9.17) is 0 Å². The van der Waals surface area contributed by atoms with Gasteiger partial charge in [0.05, 0.1) is 19.5 Å². The topological polar surface area (TPSA) is 8.81 Å². The van der Waals surface area contributed by atoms with Crippen LogP contribution in [0.15, 0.2) is 42.7 Å². The first kappa shape index (κ1) is 26.7. The van der Waals surface area contributed by atoms with Crippen LogP contribution in [0, 0.1) is 0 Å². The molecule has 1 aromatic heterocycles. The molecule has 2 aromatic rings. The number of aromatic nitrogens is 2. The van der Waals surface area contributed by atoms with Crippen molar-refractivity contribution in [2.75, 3.05) is 0 Å². The molecule has 0 aliphatic heterocycles. The standard InChI is InChI=1S/C30H51N2/c1-3-5-7-8-9-10-11-12-13-14-15-16-17-21-25-32-27-26-31(24-6-4-2)30(32)28-29-22-19-18-20-23-29/h18-20,22-23,26-27H,3-17,21,24-25,28H2,1-2H3/q+1. The van der Waals surface area contributed by atoms with Crippen LogP contribution in [0.5, 0.6) is 0 Å². The number of hydrogen-bond acceptors (Lipinski definition) is 0. The maximum absolute atomic E-state index is 2.52. The zero-order valence-corrected chi connectivity index (χ0v) is 21.4. The number of imidazole rings is 1. The first-order chi connectivity index (χ1) is 15.8. The minimum absolute atomic E-state index is 1.04. The Bertz CT molecular complexity index is 673. The molecular weight excluding hydrogens is 388 g/mol. The van der Waals surface area contributed by atoms with Crippen molar-refractivity contribution in [3.8, 4) is 0 Å². The van der Waals surface area contributed by atoms with Gasteiger partial charge < -0.3 is 0 Å². The van der Waals surface area contributed by atoms with Crippen molar-refractivity contribution in [3.05, 3.63) is 54.1 Å². The molecule has 2 rings (SSSR count). The Morgan fingerprint density at radius 2 is 1.16 bits per heavy atom. The molecule has 0 unspecified atom stereocenters. The molecule has 180 valence electrons. The van der Waals surface area contributed by atoms with Crippen LogP contribution in [0.2, 0.25) is 0 Å². The molecule has 32 heavy (non-hydrogen) atoms. The third-order valence-electron chi connectivity index (χ3n) is 6.80. The predicted octanol–water partition coefficient (Wildman–Crippen LogP) is 8.65. The van der Waals surface area contributed by atoms with Crippen LogP contribution in [0.3, 0.4) is 0 Å². The first-order valence-electron chi connectivity index (χ1n) is 14.0. The number of unbranched alkanes of at least 4 members (excludes halogenated alkanes) is 14. The molecule has 0 saturated heterocycles. The van der Waals surface area contributed by atoms with Crippen molar-refractivity contribution in [3.63, 3.8) is 0 Å². The SMILES string of the molecule is CCCCCCCCCCCCCCCCn1cc[n+](CCCC)c1Cc1ccccc1. The Labute approximate surface area is 199 Å². The van der Waals surface area contributed by atoms with E-state index in [1.54, 1.807) is 0 Å². The summed E-state index contributed by atoms with van der Waals surface area (Å²) in [5.41, 5.74) is 1.42. The summed E-state index contributed by atoms with van der Waals surface area (Å²) >= 11 is 0. The van der Waals surface area contributed by atoms with Crippen LogP contribution in [0.4, 0.5) is 0 Å². The smallest absolute Gasteiger partial charge is 0.234 e. The fourth-order valence-corrected chi connectivity index (χ4v) is 4.69. The summed E-state index contributed by atoms with van der Waals surface area (Å²) in [5, 5.41) is 0. The van der Waals surface area contributed by atoms with Crippen molar-refractivity contribution in [1.29, 1.82) is 0 Å². The van der Waals surface area contributed by atoms with Crippen molar-refractivity contribution >= 4 is 0 Å². The Hall–Kier alpha value is -1.57. The highest BCUT2D eigenvalue weighted by Gasteiger charge is 2.17. The molecule has 0 atom stereocenters. The van der Waals surface area contributed by atoms with Gasteiger partial charge in [0.15, 0.2) is 0 Å². The van der Waals surface area contributed by atoms with Gasteiger partial charge in [-0.05, 0) is 24.8 Å². The van der Waals surface area contributed by atoms with Crippen molar-refractivity contribution < 1.29 is 4.57 Å². The molecule has 0 spiro atoms. The summed E-state index contributed by atoms with van der Waals surface area (Å²) < 4.78 is 5.00. The summed E-state index contributed by atoms with van der Waals surface area (Å²) in [7, 11) is 0. The lowest BCUT2D eigenvalue weighted by Gasteiger charge is -2.06. The minimum atomic E-state index is 1.04. The van der Waals surface area contributed by atoms with Crippen LogP contribution in [0.25, 0.3) is 0 Å². The second-order valence-corrected chi connectivity index (χ2v) is 9.71. The van der Waals surface area contributed by atoms with Gasteiger partial charge in [0.25, 0.3) is 5.82 Å². The van der Waals surface area contributed by atoms with Crippen LogP contribution in [0.1, 0.15) is 128 Å². The molecule has 0 saturated carbocycles. The predicted molar refractivity (Wildman–Crippen MR) is 139 cm³/mol. The highest BCUT2D eigenvalue weighted by Crippen LogP contribution is 2.14. The summed E-state index contributed by atoms with van der Waals surface area (Å²) in [6.07, 6.45) is 28.1. The molecule has 2 heteroatoms. The van der Waals surface area contributed by atoms with Gasteiger partial charge in [-0.1, -0.05) is 128 Å². The number of aryl methyl sites for hydroxylation is 2. The fraction of sp³-hybridized carbons (Fsp3) is 0.700. The molecule has 0 radical (unpaired) electrons. The van der Waals surface area contributed by atoms with Crippen molar-refractivity contribution in [2.45, 2.75) is 136 Å². The second kappa shape index (κ2) is 17.9. The molecule has 2 nitrogen and oxygen atoms in total. The molecule has 1 heterocycles. The molecular formula is C30H51N2+. The minimum Gasteiger partial charge on any atom is -0.234 e. The van der Waals surface area contributed by atoms with E-state index in [0.717, 1.165) is 13.0 Å². The molecule has 0 fully saturated rings. The van der Waals surface area contributed by atoms with Crippen molar-refractivity contribution in [2.24, 2.45) is 0 Å². The van der Waals surface area contributed by atoms with Gasteiger partial charge in [-0.3, -0.25) is 0 Å². The number of rotatable bonds is 20. The molecule has 0 aliphatic rings. The average Bonchev–Trinajstić information content (AvgIpc) is 3.19. The zero-order chi connectivity index (χ0) is 22.7. The molecule has 0 amide bonds. The van der Waals surface area contributed by atoms with Gasteiger partial charge in [-0.25, -0.2) is 9.13 Å². The average molecular weight is 440 g/mol. The van der Waals surface area contributed by atoms with E-state index in [1.807, 2.05) is 0 Å². The van der Waals surface area contributed by atoms with E-state index in [9.17, 15) is 0 Å². The van der Waals surface area contributed by atoms with E-state index in [2.05, 4.69) is 65.7 Å². The van der Waals surface area contributed by atoms with E-state index in [0.29, 0.717) is 0 Å². The van der Waals surface area contributed by atoms with Crippen LogP contribution in [-0.4, -0.2) is 4.57 Å². The lowest BCUT2D eigenvalue weighted by molar-refractivity contribution is -0.703. The summed E-state index contributed by atoms with van der Waals surface area (Å²) in [6, 6.07) is 10.9. The van der Waals surface area contributed by atoms with Gasteiger partial charge in [-0.2, -0.15) is 0 Å². The van der Waals surface area contributed by atoms with Crippen LogP contribution < -0.4 is 4.57 Å². The lowest BCUT2D eigenvalue weighted by Crippen LogP contribution is -2.37. The Morgan fingerprint density at radius 3 is 1.72 bits per heavy atom. The van der Waals surface area contributed by atoms with Gasteiger partial charge in [0.1, 0.15) is 12.4 Å². The molecule has 0 N–H and O–H groups in total. The van der Waals surface area contributed by atoms with Gasteiger partial charge in [0, 0.05) is 0 Å². The summed E-state index contributed by atoms with van der Waals surface area (Å²) in [6.45, 7) is 6.89. The quantitative estimate of drug-likeness (QED) is 0.144. The van der Waals surface area contributed by atoms with E-state index >= 15 is 0 Å². The molecule has 0 bridgehead atoms. The van der Waals surface area contributed by atoms with E-state index < -0.39 is 0 Å². The lowest BCUT2D eigenvalue weighted by atomic mass is 10.0. The molecule has 0 aliphatic carbocycles. The fourth-order valence-electron chi connectivity index (χ4n) is 4.69. The number of hydrogen-bond donors (Lipinski definition) is 0. The van der Waals surface area contributed by atoms with Crippen molar-refractivity contribution in [1.82, 2.24) is 4.57 Å². The number of benzene rings is 1. The first-order valence-corrected chi connectivity index (χ1v) is 14.0. The number of nitrogens with zero attached hydrogens (tertiary/aromatic N) is 2. The van der Waals surface area contributed by atoms with Crippen LogP contribution in [-0.2, 0) is 19.5 Å². The van der Waals surface area contributed by atoms with E-state index in [1.165, 1.54) is 121 Å². The summed E-state index contributed by atoms with van der Waals surface area (Å²) in [4.78, 5) is 0. The Balaban J connectivity index is 1.59. The van der Waals surface area contributed by atoms with E-state index in [-0.39, 0.29) is 0 Å². The third kappa shape index (κ3) is 11.3. The Kier molecular flexibility index (Phi) is 14.9. The van der Waals surface area contributed by atoms with Gasteiger partial charge >= 0.3 is 0 Å². The zero-order valence-electron chi connectivity index (χ0n) is 21.4. The summed E-state index contributed by atoms with van der Waals surface area (Å²) in [5.74, 6) is 1.47. The second-order valence-electron chi connectivity index (χ2n) is 9.71. The highest BCUT2D eigenvalue weighted by atomic mass is 15.1. The Morgan fingerprint density at radius 1 is 0.625 bits per heavy atom. The highest BCUT2D eigenvalue weighted by molar-refractivity contribution is 5.18. The molecule has 1 aromatic carbocycles. The van der Waals surface area contributed by atoms with Gasteiger partial charge in [0.2, 0.25) is 0 Å². The maximum atomic E-state index is 2.52. The van der Waals surface area contributed by atoms with Gasteiger partial charge in [-0.15, -0.1) is 0 Å². The van der Waals surface area contributed by atoms with Crippen LogP contribution >= 0.6 is 0 Å². The third-order valence-corrected chi connectivity index (χ3v) is 6.80. The maximum Gasteiger partial charge on any atom is 0.260 e.